The molecule has 47 heavy (non-hydrogen) atoms. The van der Waals surface area contributed by atoms with Gasteiger partial charge in [-0.3, -0.25) is 9.36 Å². The molecule has 0 radical (unpaired) electrons. The second-order valence-electron chi connectivity index (χ2n) is 10.7. The van der Waals surface area contributed by atoms with Gasteiger partial charge in [0.15, 0.2) is 27.8 Å². The number of fused-ring (bicyclic) bond motifs is 1. The van der Waals surface area contributed by atoms with Crippen LogP contribution in [0.1, 0.15) is 42.1 Å². The van der Waals surface area contributed by atoms with Crippen molar-refractivity contribution < 1.29 is 33.2 Å². The number of esters is 1. The van der Waals surface area contributed by atoms with Gasteiger partial charge in [-0.15, -0.1) is 0 Å². The molecule has 0 aliphatic carbocycles. The monoisotopic (exact) mass is 658 g/mol. The SMILES string of the molecule is CCOc1c(OC)cccc1[C@@H]1C(C(=O)OCCOC)=C(C)N=c2s/c(=C/c3ccc(OCc4cccc(C)c4)c(OC)c3)c(=O)n21. The number of aromatic nitrogens is 1. The lowest BCUT2D eigenvalue weighted by atomic mass is 9.94. The Morgan fingerprint density at radius 3 is 2.45 bits per heavy atom. The number of aryl methyl sites for hydroxylation is 1. The van der Waals surface area contributed by atoms with Crippen LogP contribution in [0.2, 0.25) is 0 Å². The number of benzene rings is 3. The van der Waals surface area contributed by atoms with E-state index in [9.17, 15) is 9.59 Å². The normalized spacial score (nSPS) is 14.3. The number of hydrogen-bond donors (Lipinski definition) is 0. The largest absolute Gasteiger partial charge is 0.493 e. The van der Waals surface area contributed by atoms with Crippen LogP contribution in [0.15, 0.2) is 81.7 Å². The van der Waals surface area contributed by atoms with Gasteiger partial charge in [-0.1, -0.05) is 59.4 Å². The summed E-state index contributed by atoms with van der Waals surface area (Å²) in [5, 5.41) is 0. The van der Waals surface area contributed by atoms with Crippen LogP contribution in [0.25, 0.3) is 6.08 Å². The number of carbonyl (C=O) groups is 1. The van der Waals surface area contributed by atoms with Gasteiger partial charge >= 0.3 is 5.97 Å². The fourth-order valence-corrected chi connectivity index (χ4v) is 6.43. The molecule has 0 spiro atoms. The van der Waals surface area contributed by atoms with Crippen LogP contribution in [-0.4, -0.2) is 51.7 Å². The molecule has 5 rings (SSSR count). The van der Waals surface area contributed by atoms with Crippen LogP contribution in [0, 0.1) is 6.92 Å². The van der Waals surface area contributed by atoms with Crippen molar-refractivity contribution in [1.82, 2.24) is 4.57 Å². The molecule has 4 aromatic rings. The Bertz CT molecular complexity index is 1980. The van der Waals surface area contributed by atoms with Crippen molar-refractivity contribution in [2.75, 3.05) is 41.2 Å². The average molecular weight is 659 g/mol. The average Bonchev–Trinajstić information content (AvgIpc) is 3.37. The molecule has 0 unspecified atom stereocenters. The van der Waals surface area contributed by atoms with Gasteiger partial charge in [0.2, 0.25) is 0 Å². The van der Waals surface area contributed by atoms with Crippen LogP contribution in [0.5, 0.6) is 23.0 Å². The van der Waals surface area contributed by atoms with E-state index in [2.05, 4.69) is 6.07 Å². The lowest BCUT2D eigenvalue weighted by molar-refractivity contribution is -0.140. The molecule has 0 N–H and O–H groups in total. The maximum Gasteiger partial charge on any atom is 0.338 e. The lowest BCUT2D eigenvalue weighted by Gasteiger charge is -2.27. The topological polar surface area (TPSA) is 107 Å². The predicted octanol–water partition coefficient (Wildman–Crippen LogP) is 4.73. The van der Waals surface area contributed by atoms with E-state index in [1.165, 1.54) is 23.0 Å². The molecule has 246 valence electrons. The van der Waals surface area contributed by atoms with Gasteiger partial charge in [0, 0.05) is 12.7 Å². The second-order valence-corrected chi connectivity index (χ2v) is 11.7. The van der Waals surface area contributed by atoms with E-state index < -0.39 is 12.0 Å². The molecule has 0 amide bonds. The van der Waals surface area contributed by atoms with Crippen molar-refractivity contribution in [1.29, 1.82) is 0 Å². The fourth-order valence-electron chi connectivity index (χ4n) is 5.39. The number of carbonyl (C=O) groups excluding carboxylic acids is 1. The third kappa shape index (κ3) is 7.26. The van der Waals surface area contributed by atoms with Crippen LogP contribution in [-0.2, 0) is 20.9 Å². The molecule has 0 bridgehead atoms. The Kier molecular flexibility index (Phi) is 10.8. The minimum atomic E-state index is -0.882. The van der Waals surface area contributed by atoms with E-state index >= 15 is 0 Å². The summed E-state index contributed by atoms with van der Waals surface area (Å²) >= 11 is 1.23. The number of rotatable bonds is 13. The summed E-state index contributed by atoms with van der Waals surface area (Å²) in [5.41, 5.74) is 3.85. The first-order valence-electron chi connectivity index (χ1n) is 15.1. The molecule has 0 saturated carbocycles. The van der Waals surface area contributed by atoms with Gasteiger partial charge < -0.3 is 28.4 Å². The first-order chi connectivity index (χ1) is 22.8. The third-order valence-corrected chi connectivity index (χ3v) is 8.52. The lowest BCUT2D eigenvalue weighted by Crippen LogP contribution is -2.40. The summed E-state index contributed by atoms with van der Waals surface area (Å²) in [6.07, 6.45) is 1.78. The maximum absolute atomic E-state index is 14.2. The van der Waals surface area contributed by atoms with Crippen molar-refractivity contribution in [3.63, 3.8) is 0 Å². The van der Waals surface area contributed by atoms with Crippen molar-refractivity contribution in [3.05, 3.63) is 114 Å². The Hall–Kier alpha value is -4.87. The highest BCUT2D eigenvalue weighted by molar-refractivity contribution is 7.07. The van der Waals surface area contributed by atoms with Gasteiger partial charge in [0.05, 0.1) is 43.2 Å². The molecule has 1 aromatic heterocycles. The Labute approximate surface area is 277 Å². The van der Waals surface area contributed by atoms with Crippen LogP contribution in [0.4, 0.5) is 0 Å². The summed E-state index contributed by atoms with van der Waals surface area (Å²) in [6, 6.07) is 18.1. The molecule has 11 heteroatoms. The molecule has 0 fully saturated rings. The number of nitrogens with zero attached hydrogens (tertiary/aromatic N) is 2. The molecular weight excluding hydrogens is 620 g/mol. The molecule has 1 aliphatic heterocycles. The summed E-state index contributed by atoms with van der Waals surface area (Å²) < 4.78 is 35.9. The van der Waals surface area contributed by atoms with E-state index in [0.29, 0.717) is 56.8 Å². The Morgan fingerprint density at radius 1 is 0.936 bits per heavy atom. The maximum atomic E-state index is 14.2. The summed E-state index contributed by atoms with van der Waals surface area (Å²) in [4.78, 5) is 32.9. The number of hydrogen-bond acceptors (Lipinski definition) is 10. The second kappa shape index (κ2) is 15.1. The molecule has 3 aromatic carbocycles. The number of methoxy groups -OCH3 is 3. The number of para-hydroxylation sites is 1. The standard InChI is InChI=1S/C36H38N2O8S/c1-7-44-33-26(12-9-13-28(33)42-5)32-31(35(40)45-17-16-41-4)23(3)37-36-38(32)34(39)30(47-36)20-24-14-15-27(29(19-24)43-6)46-21-25-11-8-10-22(2)18-25/h8-15,18-20,32H,7,16-17,21H2,1-6H3/b30-20+/t32-/m1/s1. The van der Waals surface area contributed by atoms with Crippen molar-refractivity contribution >= 4 is 23.4 Å². The molecule has 1 atom stereocenters. The Balaban J connectivity index is 1.59. The van der Waals surface area contributed by atoms with Crippen LogP contribution in [0.3, 0.4) is 0 Å². The van der Waals surface area contributed by atoms with E-state index in [4.69, 9.17) is 33.4 Å². The van der Waals surface area contributed by atoms with Gasteiger partial charge in [-0.05, 0) is 56.2 Å². The molecule has 10 nitrogen and oxygen atoms in total. The number of ether oxygens (including phenoxy) is 6. The minimum absolute atomic E-state index is 0.0478. The van der Waals surface area contributed by atoms with E-state index in [1.54, 1.807) is 39.4 Å². The summed E-state index contributed by atoms with van der Waals surface area (Å²) in [7, 11) is 4.65. The fraction of sp³-hybridized carbons (Fsp3) is 0.306. The summed E-state index contributed by atoms with van der Waals surface area (Å²) in [6.45, 7) is 6.64. The van der Waals surface area contributed by atoms with Gasteiger partial charge in [0.25, 0.3) is 5.56 Å². The first kappa shape index (κ1) is 33.5. The van der Waals surface area contributed by atoms with Crippen molar-refractivity contribution in [3.8, 4) is 23.0 Å². The third-order valence-electron chi connectivity index (χ3n) is 7.54. The highest BCUT2D eigenvalue weighted by atomic mass is 32.1. The highest BCUT2D eigenvalue weighted by Crippen LogP contribution is 2.41. The predicted molar refractivity (Wildman–Crippen MR) is 179 cm³/mol. The zero-order chi connectivity index (χ0) is 33.5. The smallest absolute Gasteiger partial charge is 0.338 e. The van der Waals surface area contributed by atoms with Crippen LogP contribution >= 0.6 is 11.3 Å². The zero-order valence-corrected chi connectivity index (χ0v) is 28.1. The van der Waals surface area contributed by atoms with Gasteiger partial charge in [0.1, 0.15) is 19.3 Å². The van der Waals surface area contributed by atoms with Crippen molar-refractivity contribution in [2.24, 2.45) is 4.99 Å². The number of allylic oxidation sites excluding steroid dienone is 1. The van der Waals surface area contributed by atoms with E-state index in [-0.39, 0.29) is 24.3 Å². The molecule has 1 aliphatic rings. The molecule has 0 saturated heterocycles. The van der Waals surface area contributed by atoms with Gasteiger partial charge in [-0.25, -0.2) is 9.79 Å². The summed E-state index contributed by atoms with van der Waals surface area (Å²) in [5.74, 6) is 1.43. The van der Waals surface area contributed by atoms with Crippen molar-refractivity contribution in [2.45, 2.75) is 33.4 Å². The highest BCUT2D eigenvalue weighted by Gasteiger charge is 2.36. The molecular formula is C36H38N2O8S. The first-order valence-corrected chi connectivity index (χ1v) is 16.0. The number of thiazole rings is 1. The van der Waals surface area contributed by atoms with Gasteiger partial charge in [-0.2, -0.15) is 0 Å². The van der Waals surface area contributed by atoms with E-state index in [0.717, 1.165) is 16.7 Å². The minimum Gasteiger partial charge on any atom is -0.493 e. The van der Waals surface area contributed by atoms with Crippen LogP contribution < -0.4 is 33.8 Å². The zero-order valence-electron chi connectivity index (χ0n) is 27.3. The quantitative estimate of drug-likeness (QED) is 0.150. The van der Waals surface area contributed by atoms with E-state index in [1.807, 2.05) is 56.3 Å². The molecule has 2 heterocycles. The Morgan fingerprint density at radius 2 is 1.72 bits per heavy atom.